The second-order valence-corrected chi connectivity index (χ2v) is 4.96. The molecule has 0 aliphatic carbocycles. The van der Waals surface area contributed by atoms with Crippen LogP contribution in [0.15, 0.2) is 0 Å². The average Bonchev–Trinajstić information content (AvgIpc) is 2.47. The molecule has 0 bridgehead atoms. The van der Waals surface area contributed by atoms with Gasteiger partial charge in [-0.25, -0.2) is 4.79 Å². The molecule has 4 nitrogen and oxygen atoms in total. The maximum Gasteiger partial charge on any atom is 0.340 e. The summed E-state index contributed by atoms with van der Waals surface area (Å²) in [5.41, 5.74) is 0.874. The second kappa shape index (κ2) is 5.37. The van der Waals surface area contributed by atoms with Gasteiger partial charge >= 0.3 is 5.97 Å². The third kappa shape index (κ3) is 3.10. The Labute approximate surface area is 97.3 Å². The molecular formula is C9H14N2O2S2. The molecule has 0 radical (unpaired) electrons. The smallest absolute Gasteiger partial charge is 0.340 e. The van der Waals surface area contributed by atoms with Crippen LogP contribution >= 0.6 is 23.3 Å². The topological polar surface area (TPSA) is 62.2 Å². The fourth-order valence-electron chi connectivity index (χ4n) is 1.24. The molecule has 1 unspecified atom stereocenters. The third-order valence-electron chi connectivity index (χ3n) is 1.87. The van der Waals surface area contributed by atoms with Crippen molar-refractivity contribution in [3.8, 4) is 0 Å². The molecule has 0 saturated heterocycles. The molecular weight excluding hydrogens is 232 g/mol. The first kappa shape index (κ1) is 12.3. The molecule has 0 spiro atoms. The van der Waals surface area contributed by atoms with Crippen molar-refractivity contribution in [1.29, 1.82) is 0 Å². The summed E-state index contributed by atoms with van der Waals surface area (Å²) in [6.07, 6.45) is 2.02. The van der Waals surface area contributed by atoms with E-state index in [1.165, 1.54) is 11.5 Å². The van der Waals surface area contributed by atoms with Gasteiger partial charge in [-0.1, -0.05) is 0 Å². The van der Waals surface area contributed by atoms with Gasteiger partial charge in [-0.05, 0) is 31.6 Å². The van der Waals surface area contributed by atoms with Crippen molar-refractivity contribution >= 4 is 34.3 Å². The molecule has 0 saturated carbocycles. The number of carboxylic acid groups (broad SMARTS) is 1. The van der Waals surface area contributed by atoms with E-state index in [-0.39, 0.29) is 6.04 Å². The van der Waals surface area contributed by atoms with E-state index in [9.17, 15) is 4.79 Å². The van der Waals surface area contributed by atoms with Gasteiger partial charge in [0.2, 0.25) is 0 Å². The van der Waals surface area contributed by atoms with Gasteiger partial charge in [0.1, 0.15) is 10.6 Å². The normalized spacial score (nSPS) is 12.5. The number of aromatic carboxylic acids is 1. The minimum absolute atomic E-state index is 0.248. The first-order valence-corrected chi connectivity index (χ1v) is 6.68. The Balaban J connectivity index is 2.81. The van der Waals surface area contributed by atoms with E-state index in [0.717, 1.165) is 5.75 Å². The lowest BCUT2D eigenvalue weighted by Crippen LogP contribution is -2.18. The lowest BCUT2D eigenvalue weighted by molar-refractivity contribution is 0.0697. The minimum atomic E-state index is -0.917. The number of thioether (sulfide) groups is 1. The molecule has 1 heterocycles. The van der Waals surface area contributed by atoms with Gasteiger partial charge < -0.3 is 10.4 Å². The molecule has 0 aliphatic rings. The highest BCUT2D eigenvalue weighted by Crippen LogP contribution is 2.25. The van der Waals surface area contributed by atoms with E-state index < -0.39 is 5.97 Å². The van der Waals surface area contributed by atoms with E-state index in [2.05, 4.69) is 9.69 Å². The predicted octanol–water partition coefficient (Wildman–Crippen LogP) is 2.31. The summed E-state index contributed by atoms with van der Waals surface area (Å²) in [6.45, 7) is 3.74. The molecule has 15 heavy (non-hydrogen) atoms. The number of hydrogen-bond donors (Lipinski definition) is 2. The summed E-state index contributed by atoms with van der Waals surface area (Å²) >= 11 is 2.93. The maximum absolute atomic E-state index is 11.0. The van der Waals surface area contributed by atoms with E-state index in [4.69, 9.17) is 5.11 Å². The number of nitrogens with one attached hydrogen (secondary N) is 1. The number of aryl methyl sites for hydroxylation is 1. The summed E-state index contributed by atoms with van der Waals surface area (Å²) in [4.78, 5) is 11.0. The summed E-state index contributed by atoms with van der Waals surface area (Å²) < 4.78 is 4.04. The fraction of sp³-hybridized carbons (Fsp3) is 0.556. The molecule has 6 heteroatoms. The van der Waals surface area contributed by atoms with Crippen molar-refractivity contribution in [2.75, 3.05) is 17.3 Å². The minimum Gasteiger partial charge on any atom is -0.478 e. The molecule has 0 fully saturated rings. The molecule has 2 N–H and O–H groups in total. The average molecular weight is 246 g/mol. The van der Waals surface area contributed by atoms with Gasteiger partial charge in [0.05, 0.1) is 5.69 Å². The molecule has 0 amide bonds. The van der Waals surface area contributed by atoms with Crippen LogP contribution in [-0.2, 0) is 0 Å². The Morgan fingerprint density at radius 1 is 1.73 bits per heavy atom. The number of aromatic nitrogens is 1. The van der Waals surface area contributed by atoms with Crippen molar-refractivity contribution in [1.82, 2.24) is 4.37 Å². The third-order valence-corrected chi connectivity index (χ3v) is 3.57. The molecule has 1 rings (SSSR count). The fourth-order valence-corrected chi connectivity index (χ4v) is 2.72. The van der Waals surface area contributed by atoms with Crippen molar-refractivity contribution in [3.63, 3.8) is 0 Å². The zero-order valence-electron chi connectivity index (χ0n) is 8.90. The van der Waals surface area contributed by atoms with Crippen LogP contribution < -0.4 is 5.32 Å². The molecule has 1 aromatic rings. The van der Waals surface area contributed by atoms with Crippen molar-refractivity contribution < 1.29 is 9.90 Å². The van der Waals surface area contributed by atoms with E-state index in [1.807, 2.05) is 13.2 Å². The number of hydrogen-bond acceptors (Lipinski definition) is 5. The quantitative estimate of drug-likeness (QED) is 0.834. The Morgan fingerprint density at radius 3 is 2.93 bits per heavy atom. The van der Waals surface area contributed by atoms with Gasteiger partial charge in [-0.3, -0.25) is 0 Å². The Kier molecular flexibility index (Phi) is 4.41. The van der Waals surface area contributed by atoms with Crippen LogP contribution in [0.25, 0.3) is 0 Å². The standard InChI is InChI=1S/C9H14N2O2S2/c1-5(4-14-3)10-8-7(9(12)13)6(2)11-15-8/h5,10H,4H2,1-3H3,(H,12,13). The van der Waals surface area contributed by atoms with Crippen LogP contribution in [-0.4, -0.2) is 33.5 Å². The maximum atomic E-state index is 11.0. The van der Waals surface area contributed by atoms with Crippen LogP contribution in [0, 0.1) is 6.92 Å². The summed E-state index contributed by atoms with van der Waals surface area (Å²) in [6, 6.07) is 0.248. The summed E-state index contributed by atoms with van der Waals surface area (Å²) in [5, 5.41) is 12.8. The number of carbonyl (C=O) groups is 1. The monoisotopic (exact) mass is 246 g/mol. The van der Waals surface area contributed by atoms with Crippen molar-refractivity contribution in [2.45, 2.75) is 19.9 Å². The Hall–Kier alpha value is -0.750. The Morgan fingerprint density at radius 2 is 2.40 bits per heavy atom. The zero-order chi connectivity index (χ0) is 11.4. The van der Waals surface area contributed by atoms with Gasteiger partial charge in [0, 0.05) is 11.8 Å². The van der Waals surface area contributed by atoms with Gasteiger partial charge in [-0.15, -0.1) is 0 Å². The predicted molar refractivity (Wildman–Crippen MR) is 65.3 cm³/mol. The van der Waals surface area contributed by atoms with Crippen molar-refractivity contribution in [2.24, 2.45) is 0 Å². The number of anilines is 1. The highest BCUT2D eigenvalue weighted by Gasteiger charge is 2.18. The first-order valence-electron chi connectivity index (χ1n) is 4.51. The zero-order valence-corrected chi connectivity index (χ0v) is 10.5. The van der Waals surface area contributed by atoms with E-state index in [0.29, 0.717) is 16.3 Å². The SMILES string of the molecule is CSCC(C)Nc1snc(C)c1C(=O)O. The van der Waals surface area contributed by atoms with Crippen LogP contribution in [0.2, 0.25) is 0 Å². The molecule has 1 atom stereocenters. The van der Waals surface area contributed by atoms with Gasteiger partial charge in [-0.2, -0.15) is 16.1 Å². The summed E-state index contributed by atoms with van der Waals surface area (Å²) in [5.74, 6) is 0.0239. The largest absolute Gasteiger partial charge is 0.478 e. The number of nitrogens with zero attached hydrogens (tertiary/aromatic N) is 1. The second-order valence-electron chi connectivity index (χ2n) is 3.28. The van der Waals surface area contributed by atoms with Crippen LogP contribution in [0.5, 0.6) is 0 Å². The lowest BCUT2D eigenvalue weighted by atomic mass is 10.2. The molecule has 0 aromatic carbocycles. The van der Waals surface area contributed by atoms with Crippen LogP contribution in [0.3, 0.4) is 0 Å². The van der Waals surface area contributed by atoms with E-state index in [1.54, 1.807) is 18.7 Å². The summed E-state index contributed by atoms with van der Waals surface area (Å²) in [7, 11) is 0. The van der Waals surface area contributed by atoms with Crippen molar-refractivity contribution in [3.05, 3.63) is 11.3 Å². The molecule has 1 aromatic heterocycles. The highest BCUT2D eigenvalue weighted by atomic mass is 32.2. The number of rotatable bonds is 5. The Bertz CT molecular complexity index is 352. The number of carboxylic acids is 1. The lowest BCUT2D eigenvalue weighted by Gasteiger charge is -2.12. The highest BCUT2D eigenvalue weighted by molar-refractivity contribution is 7.98. The van der Waals surface area contributed by atoms with Crippen LogP contribution in [0.1, 0.15) is 23.0 Å². The molecule has 84 valence electrons. The first-order chi connectivity index (χ1) is 7.06. The van der Waals surface area contributed by atoms with Gasteiger partial charge in [0.25, 0.3) is 0 Å². The van der Waals surface area contributed by atoms with Gasteiger partial charge in [0.15, 0.2) is 0 Å². The van der Waals surface area contributed by atoms with Crippen LogP contribution in [0.4, 0.5) is 5.00 Å². The molecule has 0 aliphatic heterocycles. The van der Waals surface area contributed by atoms with E-state index >= 15 is 0 Å².